The van der Waals surface area contributed by atoms with Crippen LogP contribution in [0.1, 0.15) is 4.11 Å². The van der Waals surface area contributed by atoms with Gasteiger partial charge in [-0.15, -0.1) is 0 Å². The molecule has 0 saturated carbocycles. The summed E-state index contributed by atoms with van der Waals surface area (Å²) in [5.41, 5.74) is 0.264. The van der Waals surface area contributed by atoms with Crippen LogP contribution in [0.2, 0.25) is 5.15 Å². The molecule has 2 aromatic heterocycles. The molecule has 3 nitrogen and oxygen atoms in total. The van der Waals surface area contributed by atoms with Gasteiger partial charge >= 0.3 is 0 Å². The first-order valence-corrected chi connectivity index (χ1v) is 2.96. The number of aromatic amines is 1. The fourth-order valence-corrected chi connectivity index (χ4v) is 0.857. The Morgan fingerprint density at radius 3 is 3.40 bits per heavy atom. The molecule has 0 aliphatic rings. The number of rotatable bonds is 0. The molecule has 0 bridgehead atoms. The second-order valence-electron chi connectivity index (χ2n) is 1.71. The molecule has 2 aromatic rings. The van der Waals surface area contributed by atoms with Crippen molar-refractivity contribution in [3.63, 3.8) is 0 Å². The standard InChI is InChI=1S/C6H4ClN3/c7-5-4-1-2-8-6(4)10-3-9-5/h1-3H,(H,8,9,10)/i1D,2D,3D. The Hall–Kier alpha value is -1.09. The number of hydrogen-bond acceptors (Lipinski definition) is 2. The second-order valence-corrected chi connectivity index (χ2v) is 2.07. The van der Waals surface area contributed by atoms with Gasteiger partial charge in [-0.1, -0.05) is 11.6 Å². The highest BCUT2D eigenvalue weighted by atomic mass is 35.5. The van der Waals surface area contributed by atoms with E-state index in [0.29, 0.717) is 5.39 Å². The van der Waals surface area contributed by atoms with Crippen LogP contribution in [0, 0.1) is 0 Å². The molecule has 50 valence electrons. The minimum Gasteiger partial charge on any atom is -0.346 e. The van der Waals surface area contributed by atoms with Crippen molar-refractivity contribution in [2.45, 2.75) is 0 Å². The number of nitrogens with one attached hydrogen (secondary N) is 1. The first-order chi connectivity index (χ1) is 6.09. The van der Waals surface area contributed by atoms with E-state index in [9.17, 15) is 0 Å². The molecule has 0 aromatic carbocycles. The lowest BCUT2D eigenvalue weighted by Crippen LogP contribution is -1.79. The molecule has 2 rings (SSSR count). The monoisotopic (exact) mass is 156 g/mol. The first kappa shape index (κ1) is 3.34. The zero-order chi connectivity index (χ0) is 9.59. The van der Waals surface area contributed by atoms with E-state index in [1.165, 1.54) is 0 Å². The quantitative estimate of drug-likeness (QED) is 0.589. The fraction of sp³-hybridized carbons (Fsp3) is 0. The van der Waals surface area contributed by atoms with Crippen LogP contribution in [-0.2, 0) is 0 Å². The molecule has 10 heavy (non-hydrogen) atoms. The maximum absolute atomic E-state index is 7.44. The van der Waals surface area contributed by atoms with Gasteiger partial charge in [0.2, 0.25) is 0 Å². The molecule has 0 saturated heterocycles. The average molecular weight is 157 g/mol. The summed E-state index contributed by atoms with van der Waals surface area (Å²) in [7, 11) is 0. The minimum atomic E-state index is -0.223. The van der Waals surface area contributed by atoms with Crippen LogP contribution in [0.5, 0.6) is 0 Å². The van der Waals surface area contributed by atoms with Gasteiger partial charge < -0.3 is 4.98 Å². The number of halogens is 1. The Bertz CT molecular complexity index is 481. The third-order valence-electron chi connectivity index (χ3n) is 1.12. The number of H-pyrrole nitrogens is 1. The van der Waals surface area contributed by atoms with E-state index in [4.69, 9.17) is 15.7 Å². The van der Waals surface area contributed by atoms with Crippen molar-refractivity contribution in [3.8, 4) is 0 Å². The lowest BCUT2D eigenvalue weighted by atomic mass is 10.4. The Morgan fingerprint density at radius 2 is 2.50 bits per heavy atom. The summed E-state index contributed by atoms with van der Waals surface area (Å²) in [5, 5.41) is 0.331. The molecule has 0 amide bonds. The Kier molecular flexibility index (Phi) is 0.653. The van der Waals surface area contributed by atoms with Crippen LogP contribution in [-0.4, -0.2) is 15.0 Å². The summed E-state index contributed by atoms with van der Waals surface area (Å²) < 4.78 is 21.9. The maximum atomic E-state index is 7.44. The van der Waals surface area contributed by atoms with Crippen LogP contribution in [0.25, 0.3) is 11.0 Å². The van der Waals surface area contributed by atoms with Gasteiger partial charge in [0, 0.05) is 6.17 Å². The van der Waals surface area contributed by atoms with Crippen LogP contribution in [0.3, 0.4) is 0 Å². The van der Waals surface area contributed by atoms with Crippen LogP contribution in [0.4, 0.5) is 0 Å². The SMILES string of the molecule is [2H]c1nc(Cl)c2c([2H])c([2H])[nH]c2n1. The smallest absolute Gasteiger partial charge is 0.142 e. The van der Waals surface area contributed by atoms with Crippen molar-refractivity contribution >= 4 is 22.6 Å². The Labute approximate surface area is 66.3 Å². The van der Waals surface area contributed by atoms with Gasteiger partial charge in [-0.05, 0) is 6.04 Å². The van der Waals surface area contributed by atoms with Gasteiger partial charge in [-0.3, -0.25) is 0 Å². The lowest BCUT2D eigenvalue weighted by molar-refractivity contribution is 1.20. The van der Waals surface area contributed by atoms with Gasteiger partial charge in [0.15, 0.2) is 0 Å². The predicted octanol–water partition coefficient (Wildman–Crippen LogP) is 1.61. The number of nitrogens with zero attached hydrogens (tertiary/aromatic N) is 2. The summed E-state index contributed by atoms with van der Waals surface area (Å²) in [5.74, 6) is 0. The first-order valence-electron chi connectivity index (χ1n) is 4.08. The summed E-state index contributed by atoms with van der Waals surface area (Å²) >= 11 is 5.69. The zero-order valence-corrected chi connectivity index (χ0v) is 5.53. The number of aromatic nitrogens is 3. The van der Waals surface area contributed by atoms with E-state index < -0.39 is 0 Å². The summed E-state index contributed by atoms with van der Waals surface area (Å²) in [6, 6.07) is -0.0417. The van der Waals surface area contributed by atoms with Gasteiger partial charge in [0.1, 0.15) is 18.5 Å². The van der Waals surface area contributed by atoms with Gasteiger partial charge in [0.05, 0.1) is 8.13 Å². The van der Waals surface area contributed by atoms with Crippen molar-refractivity contribution in [2.75, 3.05) is 0 Å². The largest absolute Gasteiger partial charge is 0.346 e. The highest BCUT2D eigenvalue weighted by Crippen LogP contribution is 2.16. The number of fused-ring (bicyclic) bond motifs is 1. The Balaban J connectivity index is 2.94. The van der Waals surface area contributed by atoms with E-state index in [-0.39, 0.29) is 29.3 Å². The molecule has 0 radical (unpaired) electrons. The molecule has 4 heteroatoms. The molecule has 0 fully saturated rings. The van der Waals surface area contributed by atoms with E-state index in [1.54, 1.807) is 0 Å². The van der Waals surface area contributed by atoms with E-state index in [1.807, 2.05) is 0 Å². The number of hydrogen-bond donors (Lipinski definition) is 1. The van der Waals surface area contributed by atoms with Crippen molar-refractivity contribution in [2.24, 2.45) is 0 Å². The molecular weight excluding hydrogens is 150 g/mol. The summed E-state index contributed by atoms with van der Waals surface area (Å²) in [4.78, 5) is 9.80. The van der Waals surface area contributed by atoms with E-state index in [2.05, 4.69) is 15.0 Å². The van der Waals surface area contributed by atoms with Gasteiger partial charge in [-0.25, -0.2) is 9.97 Å². The molecule has 1 N–H and O–H groups in total. The third kappa shape index (κ3) is 0.675. The fourth-order valence-electron chi connectivity index (χ4n) is 0.683. The summed E-state index contributed by atoms with van der Waals surface area (Å²) in [6.45, 7) is 0. The van der Waals surface area contributed by atoms with E-state index in [0.717, 1.165) is 0 Å². The second kappa shape index (κ2) is 1.95. The third-order valence-corrected chi connectivity index (χ3v) is 1.39. The van der Waals surface area contributed by atoms with Crippen molar-refractivity contribution in [3.05, 3.63) is 23.7 Å². The normalized spacial score (nSPS) is 14.7. The zero-order valence-electron chi connectivity index (χ0n) is 7.77. The van der Waals surface area contributed by atoms with E-state index >= 15 is 0 Å². The van der Waals surface area contributed by atoms with Gasteiger partial charge in [-0.2, -0.15) is 0 Å². The molecule has 0 spiro atoms. The molecule has 2 heterocycles. The van der Waals surface area contributed by atoms with Crippen molar-refractivity contribution in [1.82, 2.24) is 15.0 Å². The predicted molar refractivity (Wildman–Crippen MR) is 38.9 cm³/mol. The van der Waals surface area contributed by atoms with Crippen molar-refractivity contribution in [1.29, 1.82) is 0 Å². The molecular formula is C6H4ClN3. The Morgan fingerprint density at radius 1 is 1.60 bits per heavy atom. The molecule has 0 unspecified atom stereocenters. The lowest BCUT2D eigenvalue weighted by Gasteiger charge is -1.88. The summed E-state index contributed by atoms with van der Waals surface area (Å²) in [6.07, 6.45) is -0.296. The highest BCUT2D eigenvalue weighted by molar-refractivity contribution is 6.33. The van der Waals surface area contributed by atoms with Crippen molar-refractivity contribution < 1.29 is 4.11 Å². The topological polar surface area (TPSA) is 41.6 Å². The minimum absolute atomic E-state index is 0.0368. The maximum Gasteiger partial charge on any atom is 0.142 e. The van der Waals surface area contributed by atoms with Crippen LogP contribution < -0.4 is 0 Å². The molecule has 0 aliphatic carbocycles. The van der Waals surface area contributed by atoms with Crippen LogP contribution >= 0.6 is 11.6 Å². The average Bonchev–Trinajstić information content (AvgIpc) is 2.27. The molecule has 0 aliphatic heterocycles. The highest BCUT2D eigenvalue weighted by Gasteiger charge is 1.98. The molecule has 0 atom stereocenters. The van der Waals surface area contributed by atoms with Crippen LogP contribution in [0.15, 0.2) is 18.5 Å². The van der Waals surface area contributed by atoms with Gasteiger partial charge in [0.25, 0.3) is 0 Å².